The van der Waals surface area contributed by atoms with Gasteiger partial charge in [0.05, 0.1) is 17.7 Å². The molecule has 0 spiro atoms. The maximum absolute atomic E-state index is 10.1. The minimum absolute atomic E-state index is 0.0267. The quantitative estimate of drug-likeness (QED) is 0.404. The molecule has 0 amide bonds. The van der Waals surface area contributed by atoms with Gasteiger partial charge in [-0.05, 0) is 43.0 Å². The van der Waals surface area contributed by atoms with E-state index in [9.17, 15) is 5.11 Å². The first kappa shape index (κ1) is 26.4. The third-order valence-corrected chi connectivity index (χ3v) is 8.41. The molecule has 9 heteroatoms. The number of rotatable bonds is 8. The Kier molecular flexibility index (Phi) is 8.67. The standard InChI is InChI=1S/C28H36Cl2N6O/c1-2-3-24-18-35(28-25(30)16-21(17-33-28)27-31-10-11-32-27)14-15-36(24)23-8-12-34(13-9-23)26(19-37)20-4-6-22(29)7-5-20/h4-7,10-11,16-17,23-24,26,37H,2-3,8-9,12-15,18-19H2,1H3,(H,31,32)/t24-,26-/m0/s1. The van der Waals surface area contributed by atoms with Crippen LogP contribution < -0.4 is 4.90 Å². The number of nitrogens with zero attached hydrogens (tertiary/aromatic N) is 5. The number of imidazole rings is 1. The van der Waals surface area contributed by atoms with E-state index >= 15 is 0 Å². The minimum atomic E-state index is 0.0267. The number of hydrogen-bond acceptors (Lipinski definition) is 6. The van der Waals surface area contributed by atoms with Crippen LogP contribution in [0.5, 0.6) is 0 Å². The summed E-state index contributed by atoms with van der Waals surface area (Å²) in [4.78, 5) is 19.7. The largest absolute Gasteiger partial charge is 0.394 e. The van der Waals surface area contributed by atoms with Crippen LogP contribution in [0, 0.1) is 0 Å². The predicted molar refractivity (Wildman–Crippen MR) is 150 cm³/mol. The summed E-state index contributed by atoms with van der Waals surface area (Å²) in [5.74, 6) is 1.64. The van der Waals surface area contributed by atoms with Crippen molar-refractivity contribution in [2.24, 2.45) is 0 Å². The molecule has 4 heterocycles. The summed E-state index contributed by atoms with van der Waals surface area (Å²) in [5.41, 5.74) is 2.03. The summed E-state index contributed by atoms with van der Waals surface area (Å²) in [6.45, 7) is 7.21. The number of aromatic amines is 1. The Morgan fingerprint density at radius 3 is 2.51 bits per heavy atom. The van der Waals surface area contributed by atoms with Gasteiger partial charge in [0.1, 0.15) is 11.6 Å². The second-order valence-electron chi connectivity index (χ2n) is 10.1. The Hall–Kier alpha value is -2.16. The Morgan fingerprint density at radius 1 is 1.08 bits per heavy atom. The van der Waals surface area contributed by atoms with Crippen LogP contribution in [0.4, 0.5) is 5.82 Å². The highest BCUT2D eigenvalue weighted by atomic mass is 35.5. The highest BCUT2D eigenvalue weighted by Crippen LogP contribution is 2.33. The number of aromatic nitrogens is 3. The average molecular weight is 544 g/mol. The van der Waals surface area contributed by atoms with E-state index in [-0.39, 0.29) is 12.6 Å². The Bertz CT molecular complexity index is 1130. The fourth-order valence-electron chi connectivity index (χ4n) is 5.99. The Morgan fingerprint density at radius 2 is 1.86 bits per heavy atom. The van der Waals surface area contributed by atoms with Gasteiger partial charge < -0.3 is 15.0 Å². The van der Waals surface area contributed by atoms with E-state index in [0.717, 1.165) is 86.2 Å². The molecule has 0 bridgehead atoms. The molecule has 37 heavy (non-hydrogen) atoms. The van der Waals surface area contributed by atoms with Crippen LogP contribution in [-0.2, 0) is 0 Å². The summed E-state index contributed by atoms with van der Waals surface area (Å²) in [5, 5.41) is 11.5. The van der Waals surface area contributed by atoms with Gasteiger partial charge in [0.2, 0.25) is 0 Å². The molecule has 3 aromatic rings. The lowest BCUT2D eigenvalue weighted by molar-refractivity contribution is 0.0343. The maximum atomic E-state index is 10.1. The van der Waals surface area contributed by atoms with Crippen LogP contribution >= 0.6 is 23.2 Å². The van der Waals surface area contributed by atoms with Gasteiger partial charge in [0.25, 0.3) is 0 Å². The molecule has 198 valence electrons. The number of hydrogen-bond donors (Lipinski definition) is 2. The summed E-state index contributed by atoms with van der Waals surface area (Å²) in [6, 6.07) is 10.9. The van der Waals surface area contributed by atoms with Gasteiger partial charge in [0.15, 0.2) is 0 Å². The van der Waals surface area contributed by atoms with Crippen molar-refractivity contribution in [3.8, 4) is 11.4 Å². The first-order valence-electron chi connectivity index (χ1n) is 13.3. The molecule has 2 saturated heterocycles. The topological polar surface area (TPSA) is 71.5 Å². The molecule has 2 aliphatic rings. The van der Waals surface area contributed by atoms with Gasteiger partial charge in [-0.2, -0.15) is 0 Å². The highest BCUT2D eigenvalue weighted by Gasteiger charge is 2.35. The summed E-state index contributed by atoms with van der Waals surface area (Å²) >= 11 is 12.8. The van der Waals surface area contributed by atoms with Gasteiger partial charge in [-0.3, -0.25) is 9.80 Å². The average Bonchev–Trinajstić information content (AvgIpc) is 3.46. The molecular weight excluding hydrogens is 507 g/mol. The third kappa shape index (κ3) is 5.96. The van der Waals surface area contributed by atoms with Crippen molar-refractivity contribution >= 4 is 29.0 Å². The number of anilines is 1. The van der Waals surface area contributed by atoms with Crippen molar-refractivity contribution in [2.75, 3.05) is 44.2 Å². The fourth-order valence-corrected chi connectivity index (χ4v) is 6.41. The smallest absolute Gasteiger partial charge is 0.147 e. The Balaban J connectivity index is 1.22. The molecule has 2 N–H and O–H groups in total. The minimum Gasteiger partial charge on any atom is -0.394 e. The summed E-state index contributed by atoms with van der Waals surface area (Å²) < 4.78 is 0. The molecule has 2 aromatic heterocycles. The Labute approximate surface area is 229 Å². The number of likely N-dealkylation sites (tertiary alicyclic amines) is 1. The maximum Gasteiger partial charge on any atom is 0.147 e. The second kappa shape index (κ2) is 12.1. The number of piperazine rings is 1. The lowest BCUT2D eigenvalue weighted by Crippen LogP contribution is -2.58. The number of aliphatic hydroxyl groups excluding tert-OH is 1. The normalized spacial score (nSPS) is 20.9. The van der Waals surface area contributed by atoms with Gasteiger partial charge in [-0.15, -0.1) is 0 Å². The molecule has 0 unspecified atom stereocenters. The molecule has 0 saturated carbocycles. The number of nitrogens with one attached hydrogen (secondary N) is 1. The van der Waals surface area contributed by atoms with Crippen LogP contribution in [0.1, 0.15) is 44.2 Å². The zero-order chi connectivity index (χ0) is 25.8. The lowest BCUT2D eigenvalue weighted by Gasteiger charge is -2.48. The molecule has 0 aliphatic carbocycles. The van der Waals surface area contributed by atoms with Crippen molar-refractivity contribution in [3.05, 3.63) is 64.5 Å². The zero-order valence-electron chi connectivity index (χ0n) is 21.4. The SMILES string of the molecule is CCC[C@H]1CN(c2ncc(-c3ncc[nH]3)cc2Cl)CCN1C1CCN([C@@H](CO)c2ccc(Cl)cc2)CC1. The zero-order valence-corrected chi connectivity index (χ0v) is 22.9. The summed E-state index contributed by atoms with van der Waals surface area (Å²) in [6.07, 6.45) is 9.92. The van der Waals surface area contributed by atoms with Gasteiger partial charge in [-0.1, -0.05) is 48.7 Å². The van der Waals surface area contributed by atoms with Crippen LogP contribution in [0.2, 0.25) is 10.0 Å². The van der Waals surface area contributed by atoms with Crippen molar-refractivity contribution < 1.29 is 5.11 Å². The van der Waals surface area contributed by atoms with Crippen LogP contribution in [0.25, 0.3) is 11.4 Å². The van der Waals surface area contributed by atoms with Crippen LogP contribution in [-0.4, -0.2) is 81.3 Å². The van der Waals surface area contributed by atoms with Gasteiger partial charge in [0, 0.05) is 74.0 Å². The molecule has 5 rings (SSSR count). The van der Waals surface area contributed by atoms with Gasteiger partial charge >= 0.3 is 0 Å². The van der Waals surface area contributed by atoms with Crippen molar-refractivity contribution in [1.82, 2.24) is 24.8 Å². The van der Waals surface area contributed by atoms with Gasteiger partial charge in [-0.25, -0.2) is 9.97 Å². The van der Waals surface area contributed by atoms with E-state index in [1.165, 1.54) is 0 Å². The molecular formula is C28H36Cl2N6O. The first-order valence-corrected chi connectivity index (χ1v) is 14.1. The molecule has 0 radical (unpaired) electrons. The molecule has 2 aliphatic heterocycles. The summed E-state index contributed by atoms with van der Waals surface area (Å²) in [7, 11) is 0. The lowest BCUT2D eigenvalue weighted by atomic mass is 9.95. The van der Waals surface area contributed by atoms with E-state index in [4.69, 9.17) is 28.2 Å². The number of aliphatic hydroxyl groups is 1. The number of H-pyrrole nitrogens is 1. The van der Waals surface area contributed by atoms with E-state index < -0.39 is 0 Å². The molecule has 2 atom stereocenters. The molecule has 7 nitrogen and oxygen atoms in total. The van der Waals surface area contributed by atoms with Crippen molar-refractivity contribution in [3.63, 3.8) is 0 Å². The first-order chi connectivity index (χ1) is 18.1. The van der Waals surface area contributed by atoms with E-state index in [0.29, 0.717) is 17.1 Å². The predicted octanol–water partition coefficient (Wildman–Crippen LogP) is 5.27. The van der Waals surface area contributed by atoms with Crippen LogP contribution in [0.15, 0.2) is 48.9 Å². The number of benzene rings is 1. The number of piperidine rings is 1. The fraction of sp³-hybridized carbons (Fsp3) is 0.500. The van der Waals surface area contributed by atoms with Crippen LogP contribution in [0.3, 0.4) is 0 Å². The van der Waals surface area contributed by atoms with E-state index in [1.54, 1.807) is 12.4 Å². The van der Waals surface area contributed by atoms with Crippen molar-refractivity contribution in [1.29, 1.82) is 0 Å². The number of pyridine rings is 1. The number of halogens is 2. The molecule has 2 fully saturated rings. The van der Waals surface area contributed by atoms with E-state index in [2.05, 4.69) is 31.6 Å². The van der Waals surface area contributed by atoms with E-state index in [1.807, 2.05) is 36.5 Å². The second-order valence-corrected chi connectivity index (χ2v) is 11.0. The third-order valence-electron chi connectivity index (χ3n) is 7.88. The van der Waals surface area contributed by atoms with Crippen molar-refractivity contribution in [2.45, 2.75) is 50.7 Å². The monoisotopic (exact) mass is 542 g/mol. The molecule has 1 aromatic carbocycles. The highest BCUT2D eigenvalue weighted by molar-refractivity contribution is 6.33.